The fourth-order valence-corrected chi connectivity index (χ4v) is 6.04. The predicted molar refractivity (Wildman–Crippen MR) is 208 cm³/mol. The zero-order chi connectivity index (χ0) is 37.8. The lowest BCUT2D eigenvalue weighted by Gasteiger charge is -2.34. The lowest BCUT2D eigenvalue weighted by Crippen LogP contribution is -2.55. The highest BCUT2D eigenvalue weighted by atomic mass is 16.6. The average Bonchev–Trinajstić information content (AvgIpc) is 3.08. The van der Waals surface area contributed by atoms with Crippen LogP contribution in [0.15, 0.2) is 24.3 Å². The molecule has 0 heterocycles. The maximum atomic E-state index is 12.7. The number of nitrogens with zero attached hydrogens (tertiary/aromatic N) is 1. The second-order valence-electron chi connectivity index (χ2n) is 15.2. The minimum Gasteiger partial charge on any atom is -0.544 e. The highest BCUT2D eigenvalue weighted by Crippen LogP contribution is 2.14. The van der Waals surface area contributed by atoms with Crippen molar-refractivity contribution in [2.75, 3.05) is 41.0 Å². The van der Waals surface area contributed by atoms with Gasteiger partial charge in [0.05, 0.1) is 40.3 Å². The van der Waals surface area contributed by atoms with Crippen LogP contribution in [-0.2, 0) is 28.6 Å². The van der Waals surface area contributed by atoms with Crippen molar-refractivity contribution >= 4 is 17.9 Å². The van der Waals surface area contributed by atoms with Gasteiger partial charge in [-0.25, -0.2) is 0 Å². The van der Waals surface area contributed by atoms with Crippen LogP contribution in [-0.4, -0.2) is 75.5 Å². The van der Waals surface area contributed by atoms with E-state index >= 15 is 0 Å². The number of hydrogen-bond acceptors (Lipinski definition) is 7. The number of esters is 2. The summed E-state index contributed by atoms with van der Waals surface area (Å²) in [6, 6.07) is -0.724. The number of carboxylic acids is 1. The van der Waals surface area contributed by atoms with Crippen LogP contribution in [0, 0.1) is 0 Å². The van der Waals surface area contributed by atoms with Crippen molar-refractivity contribution in [1.29, 1.82) is 0 Å². The van der Waals surface area contributed by atoms with Crippen LogP contribution >= 0.6 is 0 Å². The fourth-order valence-electron chi connectivity index (χ4n) is 6.04. The Balaban J connectivity index is 4.39. The Labute approximate surface area is 313 Å². The van der Waals surface area contributed by atoms with E-state index in [1.807, 2.05) is 0 Å². The summed E-state index contributed by atoms with van der Waals surface area (Å²) in [7, 11) is 5.40. The van der Waals surface area contributed by atoms with Crippen LogP contribution in [0.3, 0.4) is 0 Å². The van der Waals surface area contributed by atoms with Gasteiger partial charge in [-0.15, -0.1) is 0 Å². The lowest BCUT2D eigenvalue weighted by molar-refractivity contribution is -0.889. The minimum atomic E-state index is -1.13. The second-order valence-corrected chi connectivity index (χ2v) is 15.2. The van der Waals surface area contributed by atoms with Crippen LogP contribution < -0.4 is 5.11 Å². The van der Waals surface area contributed by atoms with Crippen LogP contribution in [0.5, 0.6) is 0 Å². The van der Waals surface area contributed by atoms with Gasteiger partial charge in [-0.1, -0.05) is 141 Å². The summed E-state index contributed by atoms with van der Waals surface area (Å²) in [4.78, 5) is 36.7. The molecule has 0 N–H and O–H groups in total. The number of ether oxygens (including phenoxy) is 3. The molecule has 298 valence electrons. The van der Waals surface area contributed by atoms with E-state index in [2.05, 4.69) is 38.2 Å². The third-order valence-electron chi connectivity index (χ3n) is 9.34. The molecule has 8 nitrogen and oxygen atoms in total. The summed E-state index contributed by atoms with van der Waals surface area (Å²) in [5.74, 6) is -1.75. The molecule has 51 heavy (non-hydrogen) atoms. The molecule has 0 aliphatic carbocycles. The van der Waals surface area contributed by atoms with Gasteiger partial charge in [0.2, 0.25) is 0 Å². The van der Waals surface area contributed by atoms with Crippen LogP contribution in [0.25, 0.3) is 0 Å². The number of allylic oxidation sites excluding steroid dienone is 4. The lowest BCUT2D eigenvalue weighted by atomic mass is 10.1. The van der Waals surface area contributed by atoms with Gasteiger partial charge in [0, 0.05) is 19.3 Å². The first-order valence-corrected chi connectivity index (χ1v) is 20.9. The molecule has 0 saturated carbocycles. The molecule has 0 aromatic heterocycles. The first kappa shape index (κ1) is 48.8. The van der Waals surface area contributed by atoms with E-state index in [1.54, 1.807) is 21.1 Å². The molecule has 2 unspecified atom stereocenters. The monoisotopic (exact) mass is 722 g/mol. The highest BCUT2D eigenvalue weighted by Gasteiger charge is 2.25. The van der Waals surface area contributed by atoms with Gasteiger partial charge in [-0.05, 0) is 44.9 Å². The first-order valence-electron chi connectivity index (χ1n) is 20.9. The SMILES string of the molecule is CCCCCC/C=C\C/C=C\CCCCCCCC(=O)OC(COCCC(C(=O)[O-])[N+](C)(C)C)COC(=O)CCCCCCCCCCCCC. The van der Waals surface area contributed by atoms with E-state index in [-0.39, 0.29) is 42.7 Å². The molecule has 0 rings (SSSR count). The zero-order valence-electron chi connectivity index (χ0n) is 33.8. The molecule has 0 spiro atoms. The Morgan fingerprint density at radius 3 is 1.53 bits per heavy atom. The number of rotatable bonds is 37. The quantitative estimate of drug-likeness (QED) is 0.0273. The first-order chi connectivity index (χ1) is 24.6. The second kappa shape index (κ2) is 34.9. The van der Waals surface area contributed by atoms with Crippen LogP contribution in [0.4, 0.5) is 0 Å². The normalized spacial score (nSPS) is 13.2. The van der Waals surface area contributed by atoms with Gasteiger partial charge in [-0.2, -0.15) is 0 Å². The molecule has 0 bridgehead atoms. The molecular weight excluding hydrogens is 642 g/mol. The maximum Gasteiger partial charge on any atom is 0.306 e. The fraction of sp³-hybridized carbons (Fsp3) is 0.837. The number of aliphatic carboxylic acids is 1. The van der Waals surface area contributed by atoms with E-state index in [0.29, 0.717) is 12.8 Å². The van der Waals surface area contributed by atoms with E-state index in [1.165, 1.54) is 83.5 Å². The molecule has 0 fully saturated rings. The van der Waals surface area contributed by atoms with Crippen molar-refractivity contribution in [1.82, 2.24) is 0 Å². The van der Waals surface area contributed by atoms with Crippen molar-refractivity contribution in [2.24, 2.45) is 0 Å². The summed E-state index contributed by atoms with van der Waals surface area (Å²) in [6.45, 7) is 4.62. The largest absolute Gasteiger partial charge is 0.544 e. The van der Waals surface area contributed by atoms with Crippen molar-refractivity contribution < 1.29 is 38.2 Å². The van der Waals surface area contributed by atoms with Crippen LogP contribution in [0.2, 0.25) is 0 Å². The van der Waals surface area contributed by atoms with Gasteiger partial charge in [0.1, 0.15) is 12.6 Å². The Hall–Kier alpha value is -2.19. The van der Waals surface area contributed by atoms with E-state index in [9.17, 15) is 19.5 Å². The standard InChI is InChI=1S/C43H79NO7/c1-6-8-10-12-14-16-18-19-20-21-22-24-26-28-30-32-34-42(46)51-39(37-49-36-35-40(43(47)48)44(3,4)5)38-50-41(45)33-31-29-27-25-23-17-15-13-11-9-7-2/h16,18,20-21,39-40H,6-15,17,19,22-38H2,1-5H3/b18-16-,21-20-. The van der Waals surface area contributed by atoms with Gasteiger partial charge in [-0.3, -0.25) is 9.59 Å². The summed E-state index contributed by atoms with van der Waals surface area (Å²) in [6.07, 6.45) is 36.2. The summed E-state index contributed by atoms with van der Waals surface area (Å²) < 4.78 is 17.1. The molecule has 2 atom stereocenters. The van der Waals surface area contributed by atoms with Gasteiger partial charge in [0.25, 0.3) is 0 Å². The summed E-state index contributed by atoms with van der Waals surface area (Å²) >= 11 is 0. The highest BCUT2D eigenvalue weighted by molar-refractivity contribution is 5.70. The molecule has 0 aromatic rings. The Morgan fingerprint density at radius 2 is 1.04 bits per heavy atom. The molecule has 0 aromatic carbocycles. The molecule has 0 aliphatic rings. The third kappa shape index (κ3) is 33.4. The van der Waals surface area contributed by atoms with E-state index in [0.717, 1.165) is 64.2 Å². The summed E-state index contributed by atoms with van der Waals surface area (Å²) in [5, 5.41) is 11.6. The zero-order valence-corrected chi connectivity index (χ0v) is 33.8. The molecule has 0 saturated heterocycles. The van der Waals surface area contributed by atoms with Crippen molar-refractivity contribution in [3.63, 3.8) is 0 Å². The Kier molecular flexibility index (Phi) is 33.4. The van der Waals surface area contributed by atoms with Crippen molar-refractivity contribution in [3.8, 4) is 0 Å². The van der Waals surface area contributed by atoms with Gasteiger partial charge in [0.15, 0.2) is 6.10 Å². The van der Waals surface area contributed by atoms with Gasteiger partial charge < -0.3 is 28.6 Å². The van der Waals surface area contributed by atoms with E-state index < -0.39 is 18.1 Å². The number of hydrogen-bond donors (Lipinski definition) is 0. The minimum absolute atomic E-state index is 0.0383. The average molecular weight is 722 g/mol. The van der Waals surface area contributed by atoms with Gasteiger partial charge >= 0.3 is 11.9 Å². The molecular formula is C43H79NO7. The smallest absolute Gasteiger partial charge is 0.306 e. The van der Waals surface area contributed by atoms with E-state index in [4.69, 9.17) is 14.2 Å². The number of quaternary nitrogens is 1. The number of unbranched alkanes of at least 4 members (excludes halogenated alkanes) is 19. The Morgan fingerprint density at radius 1 is 0.588 bits per heavy atom. The molecule has 0 radical (unpaired) electrons. The number of carbonyl (C=O) groups excluding carboxylic acids is 3. The topological polar surface area (TPSA) is 102 Å². The Bertz CT molecular complexity index is 895. The van der Waals surface area contributed by atoms with Crippen LogP contribution in [0.1, 0.15) is 181 Å². The summed E-state index contributed by atoms with van der Waals surface area (Å²) in [5.41, 5.74) is 0. The van der Waals surface area contributed by atoms with Crippen molar-refractivity contribution in [2.45, 2.75) is 193 Å². The number of carboxylic acid groups (broad SMARTS) is 1. The molecule has 0 aliphatic heterocycles. The molecule has 8 heteroatoms. The van der Waals surface area contributed by atoms with Crippen molar-refractivity contribution in [3.05, 3.63) is 24.3 Å². The third-order valence-corrected chi connectivity index (χ3v) is 9.34. The molecule has 0 amide bonds. The predicted octanol–water partition coefficient (Wildman–Crippen LogP) is 9.58. The number of likely N-dealkylation sites (N-methyl/N-ethyl adjacent to an activating group) is 1. The number of carbonyl (C=O) groups is 3. The maximum absolute atomic E-state index is 12.7.